The second-order valence-corrected chi connectivity index (χ2v) is 7.63. The first-order valence-corrected chi connectivity index (χ1v) is 10.4. The largest absolute Gasteiger partial charge is 0.449 e. The maximum atomic E-state index is 12.3. The van der Waals surface area contributed by atoms with E-state index < -0.39 is 24.1 Å². The normalized spacial score (nSPS) is 12.9. The summed E-state index contributed by atoms with van der Waals surface area (Å²) in [7, 11) is 0. The number of rotatable bonds is 11. The van der Waals surface area contributed by atoms with E-state index in [1.54, 1.807) is 6.92 Å². The second-order valence-electron chi connectivity index (χ2n) is 6.86. The van der Waals surface area contributed by atoms with E-state index in [2.05, 4.69) is 21.3 Å². The minimum Gasteiger partial charge on any atom is -0.449 e. The van der Waals surface area contributed by atoms with Crippen LogP contribution in [0.15, 0.2) is 0 Å². The van der Waals surface area contributed by atoms with Crippen molar-refractivity contribution < 1.29 is 23.9 Å². The first kappa shape index (κ1) is 25.4. The molecule has 0 heterocycles. The zero-order valence-corrected chi connectivity index (χ0v) is 18.7. The van der Waals surface area contributed by atoms with Crippen molar-refractivity contribution in [1.29, 1.82) is 0 Å². The number of amides is 4. The molecule has 0 aliphatic rings. The predicted molar refractivity (Wildman–Crippen MR) is 110 cm³/mol. The molecule has 0 bridgehead atoms. The fraction of sp³-hybridized carbons (Fsp3) is 0.765. The molecule has 0 fully saturated rings. The summed E-state index contributed by atoms with van der Waals surface area (Å²) in [5.74, 6) is -0.911. The minimum absolute atomic E-state index is 0.117. The lowest BCUT2D eigenvalue weighted by Crippen LogP contribution is -2.55. The summed E-state index contributed by atoms with van der Waals surface area (Å²) in [4.78, 5) is 47.3. The van der Waals surface area contributed by atoms with Gasteiger partial charge in [0.2, 0.25) is 17.7 Å². The van der Waals surface area contributed by atoms with E-state index >= 15 is 0 Å². The van der Waals surface area contributed by atoms with Crippen LogP contribution in [0, 0.1) is 11.8 Å². The van der Waals surface area contributed by atoms with Crippen LogP contribution >= 0.6 is 22.6 Å². The van der Waals surface area contributed by atoms with E-state index in [9.17, 15) is 19.2 Å². The van der Waals surface area contributed by atoms with E-state index in [0.29, 0.717) is 6.61 Å². The molecule has 1 unspecified atom stereocenters. The number of carbonyl (C=O) groups excluding carboxylic acids is 4. The van der Waals surface area contributed by atoms with Crippen LogP contribution in [0.5, 0.6) is 0 Å². The number of hydrogen-bond donors (Lipinski definition) is 4. The Morgan fingerprint density at radius 2 is 1.48 bits per heavy atom. The van der Waals surface area contributed by atoms with E-state index in [1.807, 2.05) is 50.3 Å². The lowest BCUT2D eigenvalue weighted by molar-refractivity contribution is -0.132. The third-order valence-electron chi connectivity index (χ3n) is 3.38. The molecular weight excluding hydrogens is 467 g/mol. The number of hydrogen-bond acceptors (Lipinski definition) is 5. The molecule has 0 radical (unpaired) electrons. The quantitative estimate of drug-likeness (QED) is 0.188. The van der Waals surface area contributed by atoms with Gasteiger partial charge in [-0.05, 0) is 18.8 Å². The average Bonchev–Trinajstić information content (AvgIpc) is 2.60. The van der Waals surface area contributed by atoms with Gasteiger partial charge in [0, 0.05) is 13.1 Å². The van der Waals surface area contributed by atoms with Crippen LogP contribution < -0.4 is 21.3 Å². The van der Waals surface area contributed by atoms with Crippen LogP contribution in [0.4, 0.5) is 4.79 Å². The van der Waals surface area contributed by atoms with Gasteiger partial charge in [-0.15, -0.1) is 0 Å². The Bertz CT molecular complexity index is 514. The summed E-state index contributed by atoms with van der Waals surface area (Å²) in [6.45, 7) is 9.78. The zero-order valence-electron chi connectivity index (χ0n) is 16.6. The first-order chi connectivity index (χ1) is 12.6. The summed E-state index contributed by atoms with van der Waals surface area (Å²) >= 11 is 1.91. The Hall–Kier alpha value is -1.59. The molecule has 0 saturated heterocycles. The van der Waals surface area contributed by atoms with E-state index in [1.165, 1.54) is 0 Å². The molecule has 0 rings (SSSR count). The highest BCUT2D eigenvalue weighted by Crippen LogP contribution is 2.03. The number of carbonyl (C=O) groups is 4. The van der Waals surface area contributed by atoms with Crippen molar-refractivity contribution in [2.75, 3.05) is 24.1 Å². The standard InChI is InChI=1S/C17H31IN4O5/c1-10(2)9-27-17(26)20-7-6-19-15(24)12(5)21-16(25)14(11(3)4)22-13(23)8-18/h10-12,14H,6-9H2,1-5H3,(H,19,24)(H,20,26)(H,21,25)(H,22,23)/t12-,14?/m0/s1. The van der Waals surface area contributed by atoms with E-state index in [4.69, 9.17) is 4.74 Å². The molecule has 0 aromatic heterocycles. The molecule has 156 valence electrons. The summed E-state index contributed by atoms with van der Waals surface area (Å²) in [5.41, 5.74) is 0. The molecule has 9 nitrogen and oxygen atoms in total. The second kappa shape index (κ2) is 13.6. The van der Waals surface area contributed by atoms with Crippen molar-refractivity contribution in [3.63, 3.8) is 0 Å². The molecule has 0 aromatic rings. The van der Waals surface area contributed by atoms with Gasteiger partial charge in [-0.1, -0.05) is 50.3 Å². The fourth-order valence-electron chi connectivity index (χ4n) is 1.91. The van der Waals surface area contributed by atoms with Crippen LogP contribution in [-0.4, -0.2) is 60.0 Å². The molecule has 4 amide bonds. The molecule has 10 heteroatoms. The Kier molecular flexibility index (Phi) is 12.8. The Labute approximate surface area is 174 Å². The van der Waals surface area contributed by atoms with Crippen LogP contribution in [0.2, 0.25) is 0 Å². The summed E-state index contributed by atoms with van der Waals surface area (Å²) < 4.78 is 5.19. The summed E-state index contributed by atoms with van der Waals surface area (Å²) in [5, 5.41) is 10.4. The Morgan fingerprint density at radius 1 is 0.889 bits per heavy atom. The number of alkyl carbamates (subject to hydrolysis) is 1. The average molecular weight is 498 g/mol. The minimum atomic E-state index is -0.775. The molecule has 0 aliphatic carbocycles. The molecule has 0 aliphatic heterocycles. The zero-order chi connectivity index (χ0) is 21.0. The summed E-state index contributed by atoms with van der Waals surface area (Å²) in [6.07, 6.45) is -0.537. The van der Waals surface area contributed by atoms with Gasteiger partial charge < -0.3 is 26.0 Å². The highest BCUT2D eigenvalue weighted by atomic mass is 127. The van der Waals surface area contributed by atoms with Gasteiger partial charge in [0.1, 0.15) is 12.1 Å². The van der Waals surface area contributed by atoms with Gasteiger partial charge in [0.15, 0.2) is 0 Å². The Balaban J connectivity index is 4.27. The fourth-order valence-corrected chi connectivity index (χ4v) is 2.13. The van der Waals surface area contributed by atoms with Gasteiger partial charge >= 0.3 is 6.09 Å². The molecule has 0 spiro atoms. The monoisotopic (exact) mass is 498 g/mol. The van der Waals surface area contributed by atoms with Crippen molar-refractivity contribution >= 4 is 46.4 Å². The highest BCUT2D eigenvalue weighted by molar-refractivity contribution is 14.1. The third-order valence-corrected chi connectivity index (χ3v) is 4.07. The number of ether oxygens (including phenoxy) is 1. The van der Waals surface area contributed by atoms with Gasteiger partial charge in [-0.25, -0.2) is 4.79 Å². The molecule has 2 atom stereocenters. The van der Waals surface area contributed by atoms with Crippen molar-refractivity contribution in [2.24, 2.45) is 11.8 Å². The lowest BCUT2D eigenvalue weighted by Gasteiger charge is -2.23. The predicted octanol–water partition coefficient (Wildman–Crippen LogP) is 0.565. The topological polar surface area (TPSA) is 126 Å². The third kappa shape index (κ3) is 11.7. The van der Waals surface area contributed by atoms with Crippen molar-refractivity contribution in [2.45, 2.75) is 46.7 Å². The van der Waals surface area contributed by atoms with Crippen molar-refractivity contribution in [3.05, 3.63) is 0 Å². The smallest absolute Gasteiger partial charge is 0.407 e. The molecular formula is C17H31IN4O5. The maximum Gasteiger partial charge on any atom is 0.407 e. The van der Waals surface area contributed by atoms with Crippen LogP contribution in [-0.2, 0) is 19.1 Å². The van der Waals surface area contributed by atoms with Crippen molar-refractivity contribution in [3.8, 4) is 0 Å². The number of nitrogens with one attached hydrogen (secondary N) is 4. The van der Waals surface area contributed by atoms with E-state index in [-0.39, 0.29) is 41.2 Å². The first-order valence-electron chi connectivity index (χ1n) is 8.92. The van der Waals surface area contributed by atoms with E-state index in [0.717, 1.165) is 0 Å². The molecule has 27 heavy (non-hydrogen) atoms. The van der Waals surface area contributed by atoms with Gasteiger partial charge in [0.05, 0.1) is 11.0 Å². The van der Waals surface area contributed by atoms with Crippen molar-refractivity contribution in [1.82, 2.24) is 21.3 Å². The number of halogens is 1. The lowest BCUT2D eigenvalue weighted by atomic mass is 10.0. The van der Waals surface area contributed by atoms with Gasteiger partial charge in [0.25, 0.3) is 0 Å². The van der Waals surface area contributed by atoms with Gasteiger partial charge in [-0.2, -0.15) is 0 Å². The molecule has 0 saturated carbocycles. The summed E-state index contributed by atoms with van der Waals surface area (Å²) in [6, 6.07) is -1.48. The highest BCUT2D eigenvalue weighted by Gasteiger charge is 2.26. The molecule has 4 N–H and O–H groups in total. The van der Waals surface area contributed by atoms with Gasteiger partial charge in [-0.3, -0.25) is 14.4 Å². The molecule has 0 aromatic carbocycles. The SMILES string of the molecule is CC(C)COC(=O)NCCNC(=O)[C@H](C)NC(=O)C(NC(=O)CI)C(C)C. The van der Waals surface area contributed by atoms with Crippen LogP contribution in [0.3, 0.4) is 0 Å². The maximum absolute atomic E-state index is 12.3. The number of alkyl halides is 1. The van der Waals surface area contributed by atoms with Crippen LogP contribution in [0.25, 0.3) is 0 Å². The Morgan fingerprint density at radius 3 is 2.00 bits per heavy atom. The van der Waals surface area contributed by atoms with Crippen LogP contribution in [0.1, 0.15) is 34.6 Å².